The second-order valence-corrected chi connectivity index (χ2v) is 15.6. The maximum atomic E-state index is 13.9. The van der Waals surface area contributed by atoms with Crippen molar-refractivity contribution in [3.05, 3.63) is 121 Å². The molecule has 0 unspecified atom stereocenters. The number of alkyl carbamates (subject to hydrolysis) is 1. The standard InChI is InChI=1S/C46H46F2N8O7/c1-26(63-44(47)48)38(53-45(59)60)42(57)55-20-6-10-36(55)41-50-25-35(52-41)33-19-18-31-22-30(16-17-32(31)23-33)27-12-14-28(15-13-27)34-24-49-40(51-34)37-11-7-21-56(37)43(58)39(54-46(61)62-2)29-8-4-3-5-9-29/h3-5,8-9,12-19,22-26,36-39,44,53H,6-7,10-11,20-21H2,1-2H3,(H,49,51)(H,50,52)(H,54,61)(H,59,60)/t26-,36+,37+,38+,39-/m1/s1. The molecule has 0 aliphatic carbocycles. The van der Waals surface area contributed by atoms with Gasteiger partial charge in [-0.1, -0.05) is 78.9 Å². The van der Waals surface area contributed by atoms with E-state index in [-0.39, 0.29) is 11.9 Å². The quantitative estimate of drug-likeness (QED) is 0.0765. The van der Waals surface area contributed by atoms with E-state index in [0.29, 0.717) is 43.1 Å². The highest BCUT2D eigenvalue weighted by atomic mass is 19.3. The minimum Gasteiger partial charge on any atom is -0.465 e. The Bertz CT molecular complexity index is 2600. The highest BCUT2D eigenvalue weighted by molar-refractivity contribution is 5.91. The van der Waals surface area contributed by atoms with Crippen molar-refractivity contribution in [2.75, 3.05) is 20.2 Å². The number of imidazole rings is 2. The van der Waals surface area contributed by atoms with Gasteiger partial charge in [0, 0.05) is 18.7 Å². The third kappa shape index (κ3) is 9.23. The Balaban J connectivity index is 0.940. The first-order valence-corrected chi connectivity index (χ1v) is 20.7. The minimum absolute atomic E-state index is 0.233. The maximum Gasteiger partial charge on any atom is 0.407 e. The predicted molar refractivity (Wildman–Crippen MR) is 228 cm³/mol. The first-order valence-electron chi connectivity index (χ1n) is 20.7. The Kier molecular flexibility index (Phi) is 12.5. The van der Waals surface area contributed by atoms with E-state index < -0.39 is 48.9 Å². The van der Waals surface area contributed by atoms with Crippen LogP contribution in [0.5, 0.6) is 0 Å². The van der Waals surface area contributed by atoms with Gasteiger partial charge in [0.1, 0.15) is 23.7 Å². The first kappa shape index (κ1) is 42.5. The van der Waals surface area contributed by atoms with Gasteiger partial charge in [0.05, 0.1) is 49.1 Å². The monoisotopic (exact) mass is 860 g/mol. The summed E-state index contributed by atoms with van der Waals surface area (Å²) in [5.74, 6) is 0.289. The molecule has 8 rings (SSSR count). The number of carbonyl (C=O) groups is 4. The van der Waals surface area contributed by atoms with Crippen molar-refractivity contribution >= 4 is 34.8 Å². The molecule has 4 amide bonds. The van der Waals surface area contributed by atoms with E-state index in [9.17, 15) is 33.1 Å². The second kappa shape index (κ2) is 18.5. The van der Waals surface area contributed by atoms with Crippen LogP contribution in [0.1, 0.15) is 67.9 Å². The van der Waals surface area contributed by atoms with Crippen LogP contribution in [-0.2, 0) is 19.1 Å². The minimum atomic E-state index is -3.17. The van der Waals surface area contributed by atoms with E-state index in [1.54, 1.807) is 29.4 Å². The Morgan fingerprint density at radius 2 is 1.27 bits per heavy atom. The van der Waals surface area contributed by atoms with Crippen molar-refractivity contribution in [1.29, 1.82) is 0 Å². The molecule has 2 saturated heterocycles. The zero-order chi connectivity index (χ0) is 44.2. The smallest absolute Gasteiger partial charge is 0.407 e. The van der Waals surface area contributed by atoms with E-state index in [4.69, 9.17) is 9.72 Å². The van der Waals surface area contributed by atoms with Crippen LogP contribution in [0.25, 0.3) is 44.4 Å². The third-order valence-electron chi connectivity index (χ3n) is 11.7. The van der Waals surface area contributed by atoms with Crippen LogP contribution in [0.4, 0.5) is 18.4 Å². The molecule has 2 fully saturated rings. The van der Waals surface area contributed by atoms with E-state index in [0.717, 1.165) is 57.3 Å². The number of halogens is 2. The van der Waals surface area contributed by atoms with Gasteiger partial charge < -0.3 is 45.0 Å². The Labute approximate surface area is 360 Å². The van der Waals surface area contributed by atoms with Gasteiger partial charge in [-0.25, -0.2) is 19.6 Å². The number of carboxylic acid groups (broad SMARTS) is 1. The van der Waals surface area contributed by atoms with Gasteiger partial charge in [0.2, 0.25) is 5.91 Å². The zero-order valence-electron chi connectivity index (χ0n) is 34.5. The average Bonchev–Trinajstić information content (AvgIpc) is 4.14. The number of benzene rings is 4. The van der Waals surface area contributed by atoms with E-state index in [2.05, 4.69) is 49.3 Å². The van der Waals surface area contributed by atoms with Gasteiger partial charge in [-0.3, -0.25) is 9.59 Å². The van der Waals surface area contributed by atoms with Crippen molar-refractivity contribution in [2.24, 2.45) is 0 Å². The van der Waals surface area contributed by atoms with E-state index >= 15 is 0 Å². The molecule has 2 aromatic heterocycles. The number of nitrogens with zero attached hydrogens (tertiary/aromatic N) is 4. The molecule has 5 N–H and O–H groups in total. The molecule has 0 saturated carbocycles. The molecule has 6 aromatic rings. The number of aromatic nitrogens is 4. The lowest BCUT2D eigenvalue weighted by atomic mass is 9.98. The van der Waals surface area contributed by atoms with Gasteiger partial charge in [-0.2, -0.15) is 8.78 Å². The van der Waals surface area contributed by atoms with Gasteiger partial charge >= 0.3 is 18.8 Å². The van der Waals surface area contributed by atoms with Crippen LogP contribution in [-0.4, -0.2) is 97.8 Å². The summed E-state index contributed by atoms with van der Waals surface area (Å²) < 4.78 is 35.2. The largest absolute Gasteiger partial charge is 0.465 e. The fourth-order valence-electron chi connectivity index (χ4n) is 8.58. The molecule has 63 heavy (non-hydrogen) atoms. The average molecular weight is 861 g/mol. The number of fused-ring (bicyclic) bond motifs is 1. The number of carbonyl (C=O) groups excluding carboxylic acids is 3. The normalized spacial score (nSPS) is 17.7. The van der Waals surface area contributed by atoms with Crippen LogP contribution in [0.15, 0.2) is 103 Å². The maximum absolute atomic E-state index is 13.9. The number of nitrogens with one attached hydrogen (secondary N) is 4. The topological polar surface area (TPSA) is 195 Å². The van der Waals surface area contributed by atoms with Crippen LogP contribution in [0, 0.1) is 0 Å². The Morgan fingerprint density at radius 3 is 1.86 bits per heavy atom. The lowest BCUT2D eigenvalue weighted by molar-refractivity contribution is -0.171. The molecule has 0 radical (unpaired) electrons. The summed E-state index contributed by atoms with van der Waals surface area (Å²) in [6, 6.07) is 26.3. The lowest BCUT2D eigenvalue weighted by Crippen LogP contribution is -2.54. The van der Waals surface area contributed by atoms with E-state index in [1.807, 2.05) is 59.9 Å². The fourth-order valence-corrected chi connectivity index (χ4v) is 8.58. The number of aromatic amines is 2. The molecular formula is C46H46F2N8O7. The predicted octanol–water partition coefficient (Wildman–Crippen LogP) is 7.98. The molecule has 17 heteroatoms. The SMILES string of the molecule is COC(=O)N[C@@H](C(=O)N1CCC[C@H]1c1ncc(-c2ccc(-c3ccc4cc(-c5cnc([C@@H]6CCCN6C(=O)[C@@H](NC(=O)O)[C@@H](C)OC(F)F)[nH]5)ccc4c3)cc2)[nH]1)c1ccccc1. The Morgan fingerprint density at radius 1 is 0.730 bits per heavy atom. The Hall–Kier alpha value is -7.14. The summed E-state index contributed by atoms with van der Waals surface area (Å²) in [5, 5.41) is 16.1. The van der Waals surface area contributed by atoms with Gasteiger partial charge in [-0.05, 0) is 77.8 Å². The van der Waals surface area contributed by atoms with Crippen molar-refractivity contribution < 1.29 is 42.5 Å². The summed E-state index contributed by atoms with van der Waals surface area (Å²) in [7, 11) is 1.27. The molecule has 4 aromatic carbocycles. The van der Waals surface area contributed by atoms with Crippen LogP contribution < -0.4 is 10.6 Å². The summed E-state index contributed by atoms with van der Waals surface area (Å²) in [6.07, 6.45) is 2.56. The number of ether oxygens (including phenoxy) is 2. The number of rotatable bonds is 13. The van der Waals surface area contributed by atoms with E-state index in [1.165, 1.54) is 18.9 Å². The molecule has 0 bridgehead atoms. The molecule has 5 atom stereocenters. The molecule has 4 heterocycles. The highest BCUT2D eigenvalue weighted by Gasteiger charge is 2.40. The number of H-pyrrole nitrogens is 2. The number of amides is 4. The molecule has 2 aliphatic rings. The molecule has 326 valence electrons. The highest BCUT2D eigenvalue weighted by Crippen LogP contribution is 2.36. The summed E-state index contributed by atoms with van der Waals surface area (Å²) in [6.45, 7) is -1.10. The summed E-state index contributed by atoms with van der Waals surface area (Å²) in [4.78, 5) is 70.3. The first-order chi connectivity index (χ1) is 30.5. The molecule has 2 aliphatic heterocycles. The van der Waals surface area contributed by atoms with Crippen molar-refractivity contribution in [3.8, 4) is 33.6 Å². The fraction of sp³-hybridized carbons (Fsp3) is 0.304. The van der Waals surface area contributed by atoms with Crippen molar-refractivity contribution in [1.82, 2.24) is 40.4 Å². The summed E-state index contributed by atoms with van der Waals surface area (Å²) >= 11 is 0. The second-order valence-electron chi connectivity index (χ2n) is 15.6. The third-order valence-corrected chi connectivity index (χ3v) is 11.7. The van der Waals surface area contributed by atoms with Crippen LogP contribution in [0.2, 0.25) is 0 Å². The van der Waals surface area contributed by atoms with Gasteiger partial charge in [0.15, 0.2) is 0 Å². The van der Waals surface area contributed by atoms with Gasteiger partial charge in [-0.15, -0.1) is 0 Å². The number of alkyl halides is 2. The number of hydrogen-bond donors (Lipinski definition) is 5. The molecule has 15 nitrogen and oxygen atoms in total. The van der Waals surface area contributed by atoms with Crippen molar-refractivity contribution in [2.45, 2.75) is 69.5 Å². The number of methoxy groups -OCH3 is 1. The number of likely N-dealkylation sites (tertiary alicyclic amines) is 2. The van der Waals surface area contributed by atoms with Gasteiger partial charge in [0.25, 0.3) is 5.91 Å². The van der Waals surface area contributed by atoms with Crippen LogP contribution in [0.3, 0.4) is 0 Å². The zero-order valence-corrected chi connectivity index (χ0v) is 34.5. The molecular weight excluding hydrogens is 815 g/mol. The van der Waals surface area contributed by atoms with Crippen molar-refractivity contribution in [3.63, 3.8) is 0 Å². The molecule has 0 spiro atoms. The van der Waals surface area contributed by atoms with Crippen LogP contribution >= 0.6 is 0 Å². The summed E-state index contributed by atoms with van der Waals surface area (Å²) in [5.41, 5.74) is 6.06. The number of hydrogen-bond acceptors (Lipinski definition) is 8. The lowest BCUT2D eigenvalue weighted by Gasteiger charge is -2.30.